The zero-order valence-electron chi connectivity index (χ0n) is 13.4. The summed E-state index contributed by atoms with van der Waals surface area (Å²) in [6, 6.07) is 13.6. The Balaban J connectivity index is 1.88. The van der Waals surface area contributed by atoms with Gasteiger partial charge in [0.2, 0.25) is 0 Å². The molecule has 0 saturated carbocycles. The van der Waals surface area contributed by atoms with Crippen LogP contribution in [0.5, 0.6) is 5.75 Å². The van der Waals surface area contributed by atoms with Gasteiger partial charge in [-0.2, -0.15) is 0 Å². The van der Waals surface area contributed by atoms with Crippen LogP contribution in [0.2, 0.25) is 5.02 Å². The number of benzene rings is 2. The van der Waals surface area contributed by atoms with Crippen molar-refractivity contribution in [2.24, 2.45) is 0 Å². The van der Waals surface area contributed by atoms with Crippen LogP contribution in [0.25, 0.3) is 0 Å². The highest BCUT2D eigenvalue weighted by Crippen LogP contribution is 2.18. The molecule has 126 valence electrons. The largest absolute Gasteiger partial charge is 0.496 e. The fraction of sp³-hybridized carbons (Fsp3) is 0.222. The summed E-state index contributed by atoms with van der Waals surface area (Å²) in [5.41, 5.74) is 1.18. The summed E-state index contributed by atoms with van der Waals surface area (Å²) in [4.78, 5) is 24.0. The Hall–Kier alpha value is -2.53. The summed E-state index contributed by atoms with van der Waals surface area (Å²) in [6.45, 7) is 1.47. The Kier molecular flexibility index (Phi) is 6.21. The van der Waals surface area contributed by atoms with E-state index in [1.807, 2.05) is 19.1 Å². The molecule has 24 heavy (non-hydrogen) atoms. The fourth-order valence-corrected chi connectivity index (χ4v) is 2.27. The van der Waals surface area contributed by atoms with Crippen LogP contribution < -0.4 is 10.1 Å². The molecule has 2 rings (SSSR count). The molecule has 0 saturated heterocycles. The first-order valence-electron chi connectivity index (χ1n) is 7.36. The van der Waals surface area contributed by atoms with E-state index in [-0.39, 0.29) is 24.1 Å². The summed E-state index contributed by atoms with van der Waals surface area (Å²) in [5.74, 6) is -0.597. The first-order valence-corrected chi connectivity index (χ1v) is 7.74. The Labute approximate surface area is 145 Å². The summed E-state index contributed by atoms with van der Waals surface area (Å²) < 4.78 is 10.1. The smallest absolute Gasteiger partial charge is 0.342 e. The molecule has 0 fully saturated rings. The van der Waals surface area contributed by atoms with Crippen LogP contribution in [-0.4, -0.2) is 25.6 Å². The first kappa shape index (κ1) is 17.8. The predicted molar refractivity (Wildman–Crippen MR) is 91.3 cm³/mol. The number of hydrogen-bond donors (Lipinski definition) is 1. The highest BCUT2D eigenvalue weighted by Gasteiger charge is 2.16. The van der Waals surface area contributed by atoms with Gasteiger partial charge in [0.05, 0.1) is 13.2 Å². The van der Waals surface area contributed by atoms with E-state index in [1.165, 1.54) is 7.11 Å². The molecule has 6 heteroatoms. The molecule has 1 atom stereocenters. The Morgan fingerprint density at radius 3 is 2.46 bits per heavy atom. The van der Waals surface area contributed by atoms with Crippen LogP contribution in [0.15, 0.2) is 48.5 Å². The van der Waals surface area contributed by atoms with Crippen LogP contribution >= 0.6 is 11.6 Å². The maximum Gasteiger partial charge on any atom is 0.342 e. The van der Waals surface area contributed by atoms with Crippen LogP contribution in [0.3, 0.4) is 0 Å². The third-order valence-electron chi connectivity index (χ3n) is 3.41. The van der Waals surface area contributed by atoms with E-state index < -0.39 is 5.97 Å². The normalized spacial score (nSPS) is 11.5. The third kappa shape index (κ3) is 4.73. The van der Waals surface area contributed by atoms with Crippen molar-refractivity contribution in [3.63, 3.8) is 0 Å². The van der Waals surface area contributed by atoms with Crippen molar-refractivity contribution >= 4 is 23.5 Å². The Morgan fingerprint density at radius 2 is 1.79 bits per heavy atom. The number of nitrogens with one attached hydrogen (secondary N) is 1. The minimum Gasteiger partial charge on any atom is -0.496 e. The van der Waals surface area contributed by atoms with Gasteiger partial charge < -0.3 is 14.8 Å². The Morgan fingerprint density at radius 1 is 1.12 bits per heavy atom. The van der Waals surface area contributed by atoms with Crippen molar-refractivity contribution in [2.45, 2.75) is 13.0 Å². The number of carbonyl (C=O) groups excluding carboxylic acids is 2. The molecule has 0 aliphatic rings. The molecular formula is C18H18ClNO4. The second-order valence-electron chi connectivity index (χ2n) is 5.12. The van der Waals surface area contributed by atoms with Crippen molar-refractivity contribution in [1.29, 1.82) is 0 Å². The van der Waals surface area contributed by atoms with Crippen molar-refractivity contribution in [3.05, 3.63) is 64.7 Å². The quantitative estimate of drug-likeness (QED) is 0.813. The van der Waals surface area contributed by atoms with Gasteiger partial charge in [0, 0.05) is 5.02 Å². The lowest BCUT2D eigenvalue weighted by atomic mass is 10.1. The zero-order valence-corrected chi connectivity index (χ0v) is 14.2. The lowest BCUT2D eigenvalue weighted by Crippen LogP contribution is -2.31. The number of amides is 1. The predicted octanol–water partition coefficient (Wildman–Crippen LogP) is 3.38. The van der Waals surface area contributed by atoms with E-state index in [0.717, 1.165) is 5.56 Å². The van der Waals surface area contributed by atoms with Crippen molar-refractivity contribution in [3.8, 4) is 5.75 Å². The molecule has 1 amide bonds. The molecule has 1 N–H and O–H groups in total. The van der Waals surface area contributed by atoms with Gasteiger partial charge in [0.15, 0.2) is 6.61 Å². The van der Waals surface area contributed by atoms with Crippen LogP contribution in [-0.2, 0) is 9.53 Å². The lowest BCUT2D eigenvalue weighted by Gasteiger charge is -2.14. The van der Waals surface area contributed by atoms with Gasteiger partial charge in [-0.15, -0.1) is 0 Å². The lowest BCUT2D eigenvalue weighted by molar-refractivity contribution is -0.124. The summed E-state index contributed by atoms with van der Waals surface area (Å²) in [5, 5.41) is 3.39. The molecule has 0 aromatic heterocycles. The monoisotopic (exact) mass is 347 g/mol. The molecule has 0 heterocycles. The second-order valence-corrected chi connectivity index (χ2v) is 5.55. The van der Waals surface area contributed by atoms with Crippen LogP contribution in [0.4, 0.5) is 0 Å². The van der Waals surface area contributed by atoms with Gasteiger partial charge in [0.25, 0.3) is 5.91 Å². The minimum absolute atomic E-state index is 0.222. The first-order chi connectivity index (χ1) is 11.5. The molecule has 0 unspecified atom stereocenters. The van der Waals surface area contributed by atoms with Gasteiger partial charge in [-0.25, -0.2) is 4.79 Å². The molecule has 5 nitrogen and oxygen atoms in total. The van der Waals surface area contributed by atoms with Crippen LogP contribution in [0, 0.1) is 0 Å². The molecule has 2 aromatic rings. The standard InChI is InChI=1S/C18H18ClNO4/c1-12(13-7-9-14(19)10-8-13)20-17(21)11-24-18(22)15-5-3-4-6-16(15)23-2/h3-10,12H,11H2,1-2H3,(H,20,21)/t12-/m0/s1. The van der Waals surface area contributed by atoms with Crippen molar-refractivity contribution < 1.29 is 19.1 Å². The molecule has 0 aliphatic carbocycles. The summed E-state index contributed by atoms with van der Waals surface area (Å²) >= 11 is 5.83. The van der Waals surface area contributed by atoms with E-state index >= 15 is 0 Å². The van der Waals surface area contributed by atoms with E-state index in [1.54, 1.807) is 36.4 Å². The molecular weight excluding hydrogens is 330 g/mol. The maximum atomic E-state index is 12.0. The SMILES string of the molecule is COc1ccccc1C(=O)OCC(=O)N[C@@H](C)c1ccc(Cl)cc1. The van der Waals surface area contributed by atoms with Crippen molar-refractivity contribution in [2.75, 3.05) is 13.7 Å². The maximum absolute atomic E-state index is 12.0. The highest BCUT2D eigenvalue weighted by atomic mass is 35.5. The van der Waals surface area contributed by atoms with Crippen LogP contribution in [0.1, 0.15) is 28.9 Å². The van der Waals surface area contributed by atoms with E-state index in [9.17, 15) is 9.59 Å². The number of ether oxygens (including phenoxy) is 2. The molecule has 0 aliphatic heterocycles. The fourth-order valence-electron chi connectivity index (χ4n) is 2.14. The third-order valence-corrected chi connectivity index (χ3v) is 3.66. The van der Waals surface area contributed by atoms with Crippen molar-refractivity contribution in [1.82, 2.24) is 5.32 Å². The number of carbonyl (C=O) groups is 2. The number of methoxy groups -OCH3 is 1. The molecule has 0 spiro atoms. The summed E-state index contributed by atoms with van der Waals surface area (Å²) in [6.07, 6.45) is 0. The number of esters is 1. The van der Waals surface area contributed by atoms with Gasteiger partial charge in [0.1, 0.15) is 11.3 Å². The average molecular weight is 348 g/mol. The van der Waals surface area contributed by atoms with Gasteiger partial charge in [-0.3, -0.25) is 4.79 Å². The van der Waals surface area contributed by atoms with Gasteiger partial charge in [-0.05, 0) is 36.8 Å². The average Bonchev–Trinajstić information content (AvgIpc) is 2.60. The number of hydrogen-bond acceptors (Lipinski definition) is 4. The van der Waals surface area contributed by atoms with E-state index in [4.69, 9.17) is 21.1 Å². The van der Waals surface area contributed by atoms with Gasteiger partial charge >= 0.3 is 5.97 Å². The second kappa shape index (κ2) is 8.36. The highest BCUT2D eigenvalue weighted by molar-refractivity contribution is 6.30. The minimum atomic E-state index is -0.609. The number of halogens is 1. The Bertz CT molecular complexity index is 715. The molecule has 0 bridgehead atoms. The topological polar surface area (TPSA) is 64.6 Å². The number of para-hydroxylation sites is 1. The summed E-state index contributed by atoms with van der Waals surface area (Å²) in [7, 11) is 1.46. The molecule has 2 aromatic carbocycles. The zero-order chi connectivity index (χ0) is 17.5. The van der Waals surface area contributed by atoms with Gasteiger partial charge in [-0.1, -0.05) is 35.9 Å². The molecule has 0 radical (unpaired) electrons. The van der Waals surface area contributed by atoms with E-state index in [0.29, 0.717) is 10.8 Å². The van der Waals surface area contributed by atoms with E-state index in [2.05, 4.69) is 5.32 Å². The number of rotatable bonds is 6.